The van der Waals surface area contributed by atoms with E-state index in [2.05, 4.69) is 38.2 Å². The molecule has 0 spiro atoms. The van der Waals surface area contributed by atoms with E-state index in [4.69, 9.17) is 0 Å². The molecule has 5 rings (SSSR count). The third-order valence-corrected chi connectivity index (χ3v) is 8.17. The Hall–Kier alpha value is -4.58. The van der Waals surface area contributed by atoms with Crippen molar-refractivity contribution in [2.24, 2.45) is 0 Å². The van der Waals surface area contributed by atoms with Gasteiger partial charge in [0.25, 0.3) is 5.92 Å². The molecular formula is C37H35F2NO3. The van der Waals surface area contributed by atoms with Gasteiger partial charge in [0.15, 0.2) is 0 Å². The Morgan fingerprint density at radius 2 is 1.47 bits per heavy atom. The van der Waals surface area contributed by atoms with Crippen LogP contribution in [0.4, 0.5) is 14.5 Å². The van der Waals surface area contributed by atoms with E-state index in [0.29, 0.717) is 18.5 Å². The van der Waals surface area contributed by atoms with Gasteiger partial charge in [-0.2, -0.15) is 0 Å². The summed E-state index contributed by atoms with van der Waals surface area (Å²) in [6.07, 6.45) is 1.85. The summed E-state index contributed by atoms with van der Waals surface area (Å²) in [6, 6.07) is 26.2. The number of benzene rings is 4. The van der Waals surface area contributed by atoms with E-state index in [1.165, 1.54) is 34.4 Å². The summed E-state index contributed by atoms with van der Waals surface area (Å²) in [4.78, 5) is 25.1. The number of anilines is 1. The molecule has 2 N–H and O–H groups in total. The molecule has 1 atom stereocenters. The van der Waals surface area contributed by atoms with Gasteiger partial charge in [-0.15, -0.1) is 0 Å². The Morgan fingerprint density at radius 3 is 2.02 bits per heavy atom. The van der Waals surface area contributed by atoms with E-state index in [-0.39, 0.29) is 24.3 Å². The molecule has 4 aromatic carbocycles. The van der Waals surface area contributed by atoms with E-state index in [1.54, 1.807) is 18.2 Å². The monoisotopic (exact) mass is 579 g/mol. The highest BCUT2D eigenvalue weighted by atomic mass is 19.3. The Labute approximate surface area is 251 Å². The maximum Gasteiger partial charge on any atom is 0.335 e. The molecule has 220 valence electrons. The van der Waals surface area contributed by atoms with Crippen molar-refractivity contribution in [2.75, 3.05) is 5.32 Å². The van der Waals surface area contributed by atoms with Crippen molar-refractivity contribution in [3.05, 3.63) is 130 Å². The van der Waals surface area contributed by atoms with Gasteiger partial charge in [0.2, 0.25) is 5.91 Å². The number of aryl methyl sites for hydroxylation is 3. The first-order valence-corrected chi connectivity index (χ1v) is 14.5. The fourth-order valence-corrected chi connectivity index (χ4v) is 5.95. The number of halogens is 2. The van der Waals surface area contributed by atoms with Crippen LogP contribution in [0, 0.1) is 20.8 Å². The molecule has 0 saturated carbocycles. The Bertz CT molecular complexity index is 1650. The van der Waals surface area contributed by atoms with Crippen molar-refractivity contribution < 1.29 is 23.5 Å². The van der Waals surface area contributed by atoms with Gasteiger partial charge >= 0.3 is 5.97 Å². The van der Waals surface area contributed by atoms with Gasteiger partial charge < -0.3 is 10.4 Å². The van der Waals surface area contributed by atoms with Crippen LogP contribution >= 0.6 is 0 Å². The Kier molecular flexibility index (Phi) is 8.58. The fraction of sp³-hybridized carbons (Fsp3) is 0.243. The van der Waals surface area contributed by atoms with Crippen LogP contribution in [0.25, 0.3) is 16.7 Å². The van der Waals surface area contributed by atoms with Gasteiger partial charge in [-0.3, -0.25) is 4.79 Å². The van der Waals surface area contributed by atoms with Gasteiger partial charge in [0.1, 0.15) is 0 Å². The molecule has 1 aliphatic carbocycles. The number of hydrogen-bond donors (Lipinski definition) is 2. The lowest BCUT2D eigenvalue weighted by atomic mass is 9.87. The second-order valence-electron chi connectivity index (χ2n) is 11.5. The number of carboxylic acid groups (broad SMARTS) is 1. The van der Waals surface area contributed by atoms with Gasteiger partial charge in [-0.1, -0.05) is 72.3 Å². The number of allylic oxidation sites excluding steroid dienone is 2. The van der Waals surface area contributed by atoms with Crippen LogP contribution in [0.1, 0.15) is 68.9 Å². The fourth-order valence-electron chi connectivity index (χ4n) is 5.95. The van der Waals surface area contributed by atoms with Gasteiger partial charge in [0, 0.05) is 18.5 Å². The lowest BCUT2D eigenvalue weighted by molar-refractivity contribution is -0.117. The molecule has 0 bridgehead atoms. The third-order valence-electron chi connectivity index (χ3n) is 8.17. The third kappa shape index (κ3) is 7.08. The van der Waals surface area contributed by atoms with Crippen molar-refractivity contribution in [3.8, 4) is 11.1 Å². The highest BCUT2D eigenvalue weighted by Gasteiger charge is 2.31. The van der Waals surface area contributed by atoms with Crippen molar-refractivity contribution in [1.29, 1.82) is 0 Å². The number of rotatable bonds is 8. The molecule has 4 aromatic rings. The zero-order valence-corrected chi connectivity index (χ0v) is 24.6. The highest BCUT2D eigenvalue weighted by molar-refractivity contribution is 5.96. The number of hydrogen-bond acceptors (Lipinski definition) is 2. The second kappa shape index (κ2) is 12.3. The molecular weight excluding hydrogens is 544 g/mol. The molecule has 0 unspecified atom stereocenters. The van der Waals surface area contributed by atoms with E-state index in [1.807, 2.05) is 48.5 Å². The number of nitrogens with one attached hydrogen (secondary N) is 1. The van der Waals surface area contributed by atoms with Gasteiger partial charge in [-0.25, -0.2) is 13.6 Å². The average Bonchev–Trinajstić information content (AvgIpc) is 2.97. The molecule has 1 amide bonds. The summed E-state index contributed by atoms with van der Waals surface area (Å²) >= 11 is 0. The van der Waals surface area contributed by atoms with Gasteiger partial charge in [0.05, 0.1) is 11.5 Å². The largest absolute Gasteiger partial charge is 0.478 e. The van der Waals surface area contributed by atoms with Crippen LogP contribution in [0.15, 0.2) is 91.0 Å². The molecule has 0 aliphatic heterocycles. The first-order valence-electron chi connectivity index (χ1n) is 14.5. The normalized spacial score (nSPS) is 15.0. The maximum absolute atomic E-state index is 13.8. The van der Waals surface area contributed by atoms with E-state index in [0.717, 1.165) is 27.8 Å². The summed E-state index contributed by atoms with van der Waals surface area (Å²) in [6.45, 7) is 6.29. The summed E-state index contributed by atoms with van der Waals surface area (Å²) in [5.74, 6) is -4.41. The quantitative estimate of drug-likeness (QED) is 0.219. The minimum absolute atomic E-state index is 0.167. The van der Waals surface area contributed by atoms with Crippen molar-refractivity contribution >= 4 is 23.1 Å². The molecule has 0 radical (unpaired) electrons. The molecule has 4 nitrogen and oxygen atoms in total. The molecule has 1 aliphatic rings. The predicted molar refractivity (Wildman–Crippen MR) is 168 cm³/mol. The van der Waals surface area contributed by atoms with Crippen LogP contribution in [0.2, 0.25) is 0 Å². The number of carboxylic acids is 1. The number of aromatic carboxylic acids is 1. The first-order chi connectivity index (χ1) is 20.5. The molecule has 0 fully saturated rings. The van der Waals surface area contributed by atoms with Crippen LogP contribution in [-0.2, 0) is 11.2 Å². The van der Waals surface area contributed by atoms with Gasteiger partial charge in [-0.05, 0) is 102 Å². The number of carbonyl (C=O) groups is 2. The second-order valence-corrected chi connectivity index (χ2v) is 11.5. The van der Waals surface area contributed by atoms with Crippen LogP contribution < -0.4 is 5.32 Å². The molecule has 0 saturated heterocycles. The Morgan fingerprint density at radius 1 is 0.860 bits per heavy atom. The van der Waals surface area contributed by atoms with Crippen LogP contribution in [-0.4, -0.2) is 22.9 Å². The smallest absolute Gasteiger partial charge is 0.335 e. The van der Waals surface area contributed by atoms with Crippen molar-refractivity contribution in [1.82, 2.24) is 0 Å². The van der Waals surface area contributed by atoms with Crippen molar-refractivity contribution in [2.45, 2.75) is 58.3 Å². The van der Waals surface area contributed by atoms with E-state index >= 15 is 0 Å². The summed E-state index contributed by atoms with van der Waals surface area (Å²) in [7, 11) is 0. The number of carbonyl (C=O) groups excluding carboxylic acids is 1. The topological polar surface area (TPSA) is 66.4 Å². The number of alkyl halides is 2. The summed E-state index contributed by atoms with van der Waals surface area (Å²) < 4.78 is 27.3. The average molecular weight is 580 g/mol. The molecule has 6 heteroatoms. The lowest BCUT2D eigenvalue weighted by Gasteiger charge is -2.22. The molecule has 0 aromatic heterocycles. The Balaban J connectivity index is 1.39. The summed E-state index contributed by atoms with van der Waals surface area (Å²) in [5.41, 5.74) is 10.1. The summed E-state index contributed by atoms with van der Waals surface area (Å²) in [5, 5.41) is 12.3. The first kappa shape index (κ1) is 29.9. The minimum Gasteiger partial charge on any atom is -0.478 e. The number of amides is 1. The van der Waals surface area contributed by atoms with Crippen molar-refractivity contribution in [3.63, 3.8) is 0 Å². The SMILES string of the molecule is Cc1cc(C)c(-c2ccc(NC(=O)[C@H](Cc3ccc(C(=O)O)cc3)c3ccc(C4=CCC(F)(F)CC4)cc3)cc2)c(C)c1. The minimum atomic E-state index is -2.65. The molecule has 43 heavy (non-hydrogen) atoms. The van der Waals surface area contributed by atoms with Crippen LogP contribution in [0.3, 0.4) is 0 Å². The standard InChI is InChI=1S/C37H35F2NO3/c1-23-20-24(2)34(25(3)21-23)30-12-14-32(15-13-30)40-35(41)33(22-26-4-6-31(7-5-26)36(42)43)29-10-8-27(9-11-29)28-16-18-37(38,39)19-17-28/h4-16,20-21,33H,17-19,22H2,1-3H3,(H,40,41)(H,42,43)/t33-/m1/s1. The maximum atomic E-state index is 13.8. The van der Waals surface area contributed by atoms with E-state index in [9.17, 15) is 23.5 Å². The lowest BCUT2D eigenvalue weighted by Crippen LogP contribution is -2.23. The zero-order valence-electron chi connectivity index (χ0n) is 24.6. The predicted octanol–water partition coefficient (Wildman–Crippen LogP) is 9.14. The highest BCUT2D eigenvalue weighted by Crippen LogP contribution is 2.37. The van der Waals surface area contributed by atoms with E-state index < -0.39 is 17.8 Å². The zero-order chi connectivity index (χ0) is 30.7. The molecule has 0 heterocycles. The van der Waals surface area contributed by atoms with Crippen LogP contribution in [0.5, 0.6) is 0 Å².